The predicted molar refractivity (Wildman–Crippen MR) is 67.7 cm³/mol. The van der Waals surface area contributed by atoms with Gasteiger partial charge in [-0.3, -0.25) is 4.79 Å². The van der Waals surface area contributed by atoms with Crippen LogP contribution in [0.4, 0.5) is 0 Å². The average molecular weight is 257 g/mol. The summed E-state index contributed by atoms with van der Waals surface area (Å²) in [6.07, 6.45) is 0.735. The Labute approximate surface area is 107 Å². The number of methoxy groups -OCH3 is 1. The van der Waals surface area contributed by atoms with E-state index in [0.717, 1.165) is 6.42 Å². The highest BCUT2D eigenvalue weighted by molar-refractivity contribution is 6.30. The highest BCUT2D eigenvalue weighted by atomic mass is 35.5. The Morgan fingerprint density at radius 2 is 2.24 bits per heavy atom. The Bertz CT molecular complexity index is 365. The lowest BCUT2D eigenvalue weighted by Gasteiger charge is -2.13. The van der Waals surface area contributed by atoms with Gasteiger partial charge in [0.15, 0.2) is 11.9 Å². The zero-order chi connectivity index (χ0) is 12.7. The van der Waals surface area contributed by atoms with E-state index in [9.17, 15) is 4.79 Å². The van der Waals surface area contributed by atoms with Crippen molar-refractivity contribution in [3.05, 3.63) is 29.3 Å². The van der Waals surface area contributed by atoms with Gasteiger partial charge in [0.2, 0.25) is 0 Å². The number of hydrogen-bond donors (Lipinski definition) is 0. The molecule has 1 unspecified atom stereocenters. The number of carbonyl (C=O) groups is 1. The van der Waals surface area contributed by atoms with Crippen LogP contribution in [-0.4, -0.2) is 25.6 Å². The lowest BCUT2D eigenvalue weighted by Crippen LogP contribution is -2.23. The van der Waals surface area contributed by atoms with Gasteiger partial charge in [-0.15, -0.1) is 0 Å². The van der Waals surface area contributed by atoms with E-state index in [1.54, 1.807) is 38.3 Å². The first-order valence-electron chi connectivity index (χ1n) is 5.57. The molecule has 0 heterocycles. The van der Waals surface area contributed by atoms with E-state index < -0.39 is 6.10 Å². The Kier molecular flexibility index (Phi) is 6.01. The van der Waals surface area contributed by atoms with Crippen LogP contribution < -0.4 is 4.74 Å². The minimum Gasteiger partial charge on any atom is -0.483 e. The van der Waals surface area contributed by atoms with E-state index in [1.165, 1.54) is 0 Å². The smallest absolute Gasteiger partial charge is 0.173 e. The maximum atomic E-state index is 11.7. The van der Waals surface area contributed by atoms with Gasteiger partial charge >= 0.3 is 0 Å². The van der Waals surface area contributed by atoms with Crippen molar-refractivity contribution >= 4 is 17.4 Å². The molecule has 0 aliphatic carbocycles. The second kappa shape index (κ2) is 7.30. The Hall–Kier alpha value is -1.06. The van der Waals surface area contributed by atoms with Crippen LogP contribution in [0, 0.1) is 0 Å². The monoisotopic (exact) mass is 256 g/mol. The second-order valence-corrected chi connectivity index (χ2v) is 4.22. The van der Waals surface area contributed by atoms with Gasteiger partial charge in [0.05, 0.1) is 0 Å². The quantitative estimate of drug-likeness (QED) is 0.704. The predicted octanol–water partition coefficient (Wildman–Crippen LogP) is 3.10. The molecule has 0 amide bonds. The zero-order valence-corrected chi connectivity index (χ0v) is 10.9. The maximum Gasteiger partial charge on any atom is 0.173 e. The van der Waals surface area contributed by atoms with Crippen molar-refractivity contribution < 1.29 is 14.3 Å². The van der Waals surface area contributed by atoms with E-state index >= 15 is 0 Å². The fourth-order valence-corrected chi connectivity index (χ4v) is 1.58. The summed E-state index contributed by atoms with van der Waals surface area (Å²) >= 11 is 5.83. The molecule has 0 spiro atoms. The Balaban J connectivity index is 2.43. The topological polar surface area (TPSA) is 35.5 Å². The number of benzene rings is 1. The lowest BCUT2D eigenvalue weighted by molar-refractivity contribution is -0.125. The standard InChI is InChI=1S/C13H17ClO3/c1-10(13(15)7-4-8-16-2)17-12-6-3-5-11(14)9-12/h3,5-6,9-10H,4,7-8H2,1-2H3. The Morgan fingerprint density at radius 1 is 1.47 bits per heavy atom. The van der Waals surface area contributed by atoms with Gasteiger partial charge in [-0.1, -0.05) is 17.7 Å². The average Bonchev–Trinajstić information content (AvgIpc) is 2.29. The van der Waals surface area contributed by atoms with Crippen molar-refractivity contribution in [3.8, 4) is 5.75 Å². The SMILES string of the molecule is COCCCC(=O)C(C)Oc1cccc(Cl)c1. The minimum absolute atomic E-state index is 0.0713. The number of rotatable bonds is 7. The molecular weight excluding hydrogens is 240 g/mol. The fourth-order valence-electron chi connectivity index (χ4n) is 1.40. The molecule has 94 valence electrons. The highest BCUT2D eigenvalue weighted by Crippen LogP contribution is 2.18. The first-order valence-corrected chi connectivity index (χ1v) is 5.95. The molecule has 0 aliphatic rings. The van der Waals surface area contributed by atoms with Gasteiger partial charge in [0, 0.05) is 25.2 Å². The number of ketones is 1. The van der Waals surface area contributed by atoms with Crippen LogP contribution in [0.5, 0.6) is 5.75 Å². The molecule has 1 rings (SSSR count). The number of hydrogen-bond acceptors (Lipinski definition) is 3. The molecule has 1 aromatic rings. The molecule has 0 aliphatic heterocycles. The third-order valence-corrected chi connectivity index (χ3v) is 2.57. The lowest BCUT2D eigenvalue weighted by atomic mass is 10.1. The molecule has 4 heteroatoms. The van der Waals surface area contributed by atoms with Crippen molar-refractivity contribution in [2.75, 3.05) is 13.7 Å². The van der Waals surface area contributed by atoms with Crippen LogP contribution in [0.3, 0.4) is 0 Å². The van der Waals surface area contributed by atoms with Crippen LogP contribution in [-0.2, 0) is 9.53 Å². The number of carbonyl (C=O) groups excluding carboxylic acids is 1. The summed E-state index contributed by atoms with van der Waals surface area (Å²) in [4.78, 5) is 11.7. The van der Waals surface area contributed by atoms with Crippen molar-refractivity contribution in [3.63, 3.8) is 0 Å². The molecule has 1 atom stereocenters. The third kappa shape index (κ3) is 5.20. The van der Waals surface area contributed by atoms with E-state index in [1.807, 2.05) is 0 Å². The van der Waals surface area contributed by atoms with E-state index in [0.29, 0.717) is 23.8 Å². The van der Waals surface area contributed by atoms with Gasteiger partial charge in [0.25, 0.3) is 0 Å². The summed E-state index contributed by atoms with van der Waals surface area (Å²) < 4.78 is 10.4. The molecule has 3 nitrogen and oxygen atoms in total. The summed E-state index contributed by atoms with van der Waals surface area (Å²) in [5.41, 5.74) is 0. The molecule has 0 bridgehead atoms. The minimum atomic E-state index is -0.453. The van der Waals surface area contributed by atoms with Gasteiger partial charge < -0.3 is 9.47 Å². The van der Waals surface area contributed by atoms with Crippen molar-refractivity contribution in [2.45, 2.75) is 25.9 Å². The summed E-state index contributed by atoms with van der Waals surface area (Å²) in [5.74, 6) is 0.687. The van der Waals surface area contributed by atoms with Crippen LogP contribution in [0.25, 0.3) is 0 Å². The molecule has 1 aromatic carbocycles. The van der Waals surface area contributed by atoms with Crippen LogP contribution in [0.15, 0.2) is 24.3 Å². The van der Waals surface area contributed by atoms with Crippen molar-refractivity contribution in [2.24, 2.45) is 0 Å². The van der Waals surface area contributed by atoms with Crippen molar-refractivity contribution in [1.29, 1.82) is 0 Å². The second-order valence-electron chi connectivity index (χ2n) is 3.78. The molecule has 0 saturated heterocycles. The molecule has 0 radical (unpaired) electrons. The van der Waals surface area contributed by atoms with E-state index in [4.69, 9.17) is 21.1 Å². The number of halogens is 1. The van der Waals surface area contributed by atoms with Crippen LogP contribution in [0.1, 0.15) is 19.8 Å². The first kappa shape index (κ1) is 14.0. The maximum absolute atomic E-state index is 11.7. The summed E-state index contributed by atoms with van der Waals surface area (Å²) in [7, 11) is 1.62. The third-order valence-electron chi connectivity index (χ3n) is 2.33. The molecular formula is C13H17ClO3. The summed E-state index contributed by atoms with van der Waals surface area (Å²) in [5, 5.41) is 0.599. The van der Waals surface area contributed by atoms with Crippen molar-refractivity contribution in [1.82, 2.24) is 0 Å². The normalized spacial score (nSPS) is 12.2. The van der Waals surface area contributed by atoms with Gasteiger partial charge in [-0.05, 0) is 31.5 Å². The molecule has 17 heavy (non-hydrogen) atoms. The molecule has 0 saturated carbocycles. The summed E-state index contributed by atoms with van der Waals surface area (Å²) in [6, 6.07) is 7.03. The highest BCUT2D eigenvalue weighted by Gasteiger charge is 2.14. The summed E-state index contributed by atoms with van der Waals surface area (Å²) in [6.45, 7) is 2.34. The largest absolute Gasteiger partial charge is 0.483 e. The Morgan fingerprint density at radius 3 is 2.88 bits per heavy atom. The van der Waals surface area contributed by atoms with Gasteiger partial charge in [0.1, 0.15) is 5.75 Å². The zero-order valence-electron chi connectivity index (χ0n) is 10.1. The van der Waals surface area contributed by atoms with E-state index in [2.05, 4.69) is 0 Å². The molecule has 0 aromatic heterocycles. The van der Waals surface area contributed by atoms with Crippen LogP contribution in [0.2, 0.25) is 5.02 Å². The number of ether oxygens (including phenoxy) is 2. The van der Waals surface area contributed by atoms with Gasteiger partial charge in [-0.25, -0.2) is 0 Å². The van der Waals surface area contributed by atoms with E-state index in [-0.39, 0.29) is 5.78 Å². The molecule has 0 N–H and O–H groups in total. The first-order chi connectivity index (χ1) is 8.13. The van der Waals surface area contributed by atoms with Gasteiger partial charge in [-0.2, -0.15) is 0 Å². The molecule has 0 fully saturated rings. The fraction of sp³-hybridized carbons (Fsp3) is 0.462. The number of Topliss-reactive ketones (excluding diaryl/α,β-unsaturated/α-hetero) is 1. The van der Waals surface area contributed by atoms with Crippen LogP contribution >= 0.6 is 11.6 Å².